The number of halogens is 1. The molecule has 2 aromatic carbocycles. The van der Waals surface area contributed by atoms with Crippen LogP contribution in [-0.2, 0) is 0 Å². The second kappa shape index (κ2) is 4.94. The third kappa shape index (κ3) is 2.33. The van der Waals surface area contributed by atoms with Crippen molar-refractivity contribution in [2.75, 3.05) is 11.1 Å². The molecule has 106 valence electrons. The van der Waals surface area contributed by atoms with E-state index in [-0.39, 0.29) is 11.7 Å². The van der Waals surface area contributed by atoms with Crippen molar-refractivity contribution in [2.24, 2.45) is 0 Å². The van der Waals surface area contributed by atoms with Gasteiger partial charge in [0.05, 0.1) is 5.56 Å². The van der Waals surface area contributed by atoms with Crippen molar-refractivity contribution < 1.29 is 9.18 Å². The summed E-state index contributed by atoms with van der Waals surface area (Å²) in [6.45, 7) is 1.63. The van der Waals surface area contributed by atoms with Crippen molar-refractivity contribution in [1.29, 1.82) is 0 Å². The zero-order chi connectivity index (χ0) is 15.0. The number of amides is 1. The predicted molar refractivity (Wildman–Crippen MR) is 81.8 cm³/mol. The Kier molecular flexibility index (Phi) is 3.10. The first kappa shape index (κ1) is 13.2. The fraction of sp³-hybridized carbons (Fsp3) is 0.0625. The molecule has 1 aromatic heterocycles. The third-order valence-corrected chi connectivity index (χ3v) is 3.47. The van der Waals surface area contributed by atoms with E-state index in [4.69, 9.17) is 5.73 Å². The molecule has 0 unspecified atom stereocenters. The van der Waals surface area contributed by atoms with Gasteiger partial charge in [0, 0.05) is 34.0 Å². The smallest absolute Gasteiger partial charge is 0.257 e. The van der Waals surface area contributed by atoms with Crippen LogP contribution in [0.3, 0.4) is 0 Å². The number of carbonyl (C=O) groups is 1. The standard InChI is InChI=1S/C16H14FN3O/c1-9-13(17)3-2-4-14(9)20-16(21)12-8-19-15-7-10(18)5-6-11(12)15/h2-8,19H,18H2,1H3,(H,20,21). The molecule has 0 saturated carbocycles. The minimum atomic E-state index is -0.348. The van der Waals surface area contributed by atoms with Gasteiger partial charge in [-0.1, -0.05) is 6.07 Å². The van der Waals surface area contributed by atoms with E-state index in [0.717, 1.165) is 10.9 Å². The minimum Gasteiger partial charge on any atom is -0.399 e. The van der Waals surface area contributed by atoms with Crippen LogP contribution in [0.2, 0.25) is 0 Å². The van der Waals surface area contributed by atoms with Crippen molar-refractivity contribution in [3.05, 3.63) is 59.5 Å². The monoisotopic (exact) mass is 283 g/mol. The summed E-state index contributed by atoms with van der Waals surface area (Å²) in [4.78, 5) is 15.4. The van der Waals surface area contributed by atoms with Crippen LogP contribution in [0.25, 0.3) is 10.9 Å². The lowest BCUT2D eigenvalue weighted by Crippen LogP contribution is -2.12. The molecule has 0 aliphatic carbocycles. The summed E-state index contributed by atoms with van der Waals surface area (Å²) >= 11 is 0. The Morgan fingerprint density at radius 1 is 1.29 bits per heavy atom. The van der Waals surface area contributed by atoms with Crippen molar-refractivity contribution in [3.63, 3.8) is 0 Å². The Morgan fingerprint density at radius 2 is 2.10 bits per heavy atom. The number of H-pyrrole nitrogens is 1. The van der Waals surface area contributed by atoms with Crippen LogP contribution >= 0.6 is 0 Å². The summed E-state index contributed by atoms with van der Waals surface area (Å²) in [6.07, 6.45) is 1.62. The Labute approximate surface area is 120 Å². The molecule has 0 fully saturated rings. The first-order valence-corrected chi connectivity index (χ1v) is 6.49. The fourth-order valence-electron chi connectivity index (χ4n) is 2.26. The van der Waals surface area contributed by atoms with E-state index in [1.54, 1.807) is 43.5 Å². The number of rotatable bonds is 2. The van der Waals surface area contributed by atoms with Crippen LogP contribution in [0, 0.1) is 12.7 Å². The van der Waals surface area contributed by atoms with Gasteiger partial charge in [-0.05, 0) is 37.3 Å². The number of hydrogen-bond donors (Lipinski definition) is 3. The molecule has 0 aliphatic rings. The lowest BCUT2D eigenvalue weighted by Gasteiger charge is -2.08. The van der Waals surface area contributed by atoms with E-state index >= 15 is 0 Å². The van der Waals surface area contributed by atoms with Crippen LogP contribution < -0.4 is 11.1 Å². The van der Waals surface area contributed by atoms with Gasteiger partial charge in [0.15, 0.2) is 0 Å². The summed E-state index contributed by atoms with van der Waals surface area (Å²) < 4.78 is 13.5. The van der Waals surface area contributed by atoms with E-state index in [0.29, 0.717) is 22.5 Å². The lowest BCUT2D eigenvalue weighted by atomic mass is 10.1. The highest BCUT2D eigenvalue weighted by atomic mass is 19.1. The van der Waals surface area contributed by atoms with Crippen molar-refractivity contribution >= 4 is 28.2 Å². The van der Waals surface area contributed by atoms with E-state index in [1.807, 2.05) is 0 Å². The van der Waals surface area contributed by atoms with Gasteiger partial charge in [-0.25, -0.2) is 4.39 Å². The number of fused-ring (bicyclic) bond motifs is 1. The van der Waals surface area contributed by atoms with Crippen LogP contribution in [0.1, 0.15) is 15.9 Å². The highest BCUT2D eigenvalue weighted by Crippen LogP contribution is 2.23. The highest BCUT2D eigenvalue weighted by molar-refractivity contribution is 6.13. The summed E-state index contributed by atoms with van der Waals surface area (Å²) in [6, 6.07) is 9.88. The van der Waals surface area contributed by atoms with Gasteiger partial charge in [-0.2, -0.15) is 0 Å². The zero-order valence-electron chi connectivity index (χ0n) is 11.4. The van der Waals surface area contributed by atoms with Crippen LogP contribution in [0.5, 0.6) is 0 Å². The van der Waals surface area contributed by atoms with Crippen LogP contribution in [0.4, 0.5) is 15.8 Å². The Bertz CT molecular complexity index is 839. The molecule has 1 heterocycles. The van der Waals surface area contributed by atoms with Gasteiger partial charge in [-0.15, -0.1) is 0 Å². The maximum atomic E-state index is 13.5. The summed E-state index contributed by atoms with van der Waals surface area (Å²) in [5.74, 6) is -0.640. The maximum Gasteiger partial charge on any atom is 0.257 e. The molecule has 4 nitrogen and oxygen atoms in total. The normalized spacial score (nSPS) is 10.8. The molecule has 0 saturated heterocycles. The summed E-state index contributed by atoms with van der Waals surface area (Å²) in [7, 11) is 0. The number of nitrogen functional groups attached to an aromatic ring is 1. The molecule has 1 amide bonds. The number of carbonyl (C=O) groups excluding carboxylic acids is 1. The number of nitrogens with two attached hydrogens (primary N) is 1. The average molecular weight is 283 g/mol. The van der Waals surface area contributed by atoms with Gasteiger partial charge in [0.25, 0.3) is 5.91 Å². The highest BCUT2D eigenvalue weighted by Gasteiger charge is 2.14. The largest absolute Gasteiger partial charge is 0.399 e. The summed E-state index contributed by atoms with van der Waals surface area (Å²) in [5, 5.41) is 3.50. The molecule has 0 bridgehead atoms. The average Bonchev–Trinajstić information content (AvgIpc) is 2.86. The van der Waals surface area contributed by atoms with Gasteiger partial charge >= 0.3 is 0 Å². The quantitative estimate of drug-likeness (QED) is 0.630. The van der Waals surface area contributed by atoms with Gasteiger partial charge < -0.3 is 16.0 Å². The molecule has 3 aromatic rings. The topological polar surface area (TPSA) is 70.9 Å². The predicted octanol–water partition coefficient (Wildman–Crippen LogP) is 3.45. The van der Waals surface area contributed by atoms with Gasteiger partial charge in [0.1, 0.15) is 5.82 Å². The molecule has 4 N–H and O–H groups in total. The molecular weight excluding hydrogens is 269 g/mol. The Balaban J connectivity index is 1.96. The molecule has 0 aliphatic heterocycles. The van der Waals surface area contributed by atoms with E-state index in [9.17, 15) is 9.18 Å². The molecule has 5 heteroatoms. The van der Waals surface area contributed by atoms with Crippen molar-refractivity contribution in [2.45, 2.75) is 6.92 Å². The minimum absolute atomic E-state index is 0.292. The number of anilines is 2. The van der Waals surface area contributed by atoms with Gasteiger partial charge in [0.2, 0.25) is 0 Å². The lowest BCUT2D eigenvalue weighted by molar-refractivity contribution is 0.102. The van der Waals surface area contributed by atoms with Crippen molar-refractivity contribution in [3.8, 4) is 0 Å². The number of aromatic nitrogens is 1. The number of nitrogens with one attached hydrogen (secondary N) is 2. The molecule has 3 rings (SSSR count). The van der Waals surface area contributed by atoms with E-state index in [1.165, 1.54) is 6.07 Å². The van der Waals surface area contributed by atoms with Crippen LogP contribution in [-0.4, -0.2) is 10.9 Å². The fourth-order valence-corrected chi connectivity index (χ4v) is 2.26. The van der Waals surface area contributed by atoms with E-state index in [2.05, 4.69) is 10.3 Å². The van der Waals surface area contributed by atoms with E-state index < -0.39 is 0 Å². The number of benzene rings is 2. The molecule has 21 heavy (non-hydrogen) atoms. The molecule has 0 radical (unpaired) electrons. The Hall–Kier alpha value is -2.82. The van der Waals surface area contributed by atoms with Crippen LogP contribution in [0.15, 0.2) is 42.6 Å². The SMILES string of the molecule is Cc1c(F)cccc1NC(=O)c1c[nH]c2cc(N)ccc12. The first-order chi connectivity index (χ1) is 10.1. The molecular formula is C16H14FN3O. The van der Waals surface area contributed by atoms with Gasteiger partial charge in [-0.3, -0.25) is 4.79 Å². The second-order valence-electron chi connectivity index (χ2n) is 4.87. The first-order valence-electron chi connectivity index (χ1n) is 6.49. The molecule has 0 atom stereocenters. The third-order valence-electron chi connectivity index (χ3n) is 3.47. The summed E-state index contributed by atoms with van der Waals surface area (Å²) in [5.41, 5.74) is 8.49. The zero-order valence-corrected chi connectivity index (χ0v) is 11.4. The maximum absolute atomic E-state index is 13.5. The van der Waals surface area contributed by atoms with Crippen molar-refractivity contribution in [1.82, 2.24) is 4.98 Å². The second-order valence-corrected chi connectivity index (χ2v) is 4.87. The number of hydrogen-bond acceptors (Lipinski definition) is 2. The molecule has 0 spiro atoms. The number of aromatic amines is 1. The Morgan fingerprint density at radius 3 is 2.90 bits per heavy atom.